The lowest BCUT2D eigenvalue weighted by Crippen LogP contribution is -2.78. The Balaban J connectivity index is 0. The molecule has 0 aliphatic heterocycles. The van der Waals surface area contributed by atoms with Crippen LogP contribution >= 0.6 is 0 Å². The summed E-state index contributed by atoms with van der Waals surface area (Å²) in [6.07, 6.45) is 11.5. The number of aryl methyl sites for hydroxylation is 1. The van der Waals surface area contributed by atoms with Crippen molar-refractivity contribution >= 4 is 5.69 Å². The Kier molecular flexibility index (Phi) is 23.9. The molecule has 44 heavy (non-hydrogen) atoms. The van der Waals surface area contributed by atoms with E-state index in [9.17, 15) is 5.26 Å². The highest BCUT2D eigenvalue weighted by Gasteiger charge is 2.30. The average molecular weight is 597 g/mol. The predicted octanol–water partition coefficient (Wildman–Crippen LogP) is 9.68. The molecule has 3 heteroatoms. The van der Waals surface area contributed by atoms with Gasteiger partial charge in [-0.25, -0.2) is 0 Å². The molecule has 2 rings (SSSR count). The maximum absolute atomic E-state index is 9.87. The van der Waals surface area contributed by atoms with E-state index >= 15 is 0 Å². The van der Waals surface area contributed by atoms with Crippen molar-refractivity contribution in [3.8, 4) is 17.9 Å². The van der Waals surface area contributed by atoms with Crippen LogP contribution in [0.1, 0.15) is 98.3 Å². The first kappa shape index (κ1) is 42.5. The Labute approximate surface area is 272 Å². The highest BCUT2D eigenvalue weighted by atomic mass is 14.9. The van der Waals surface area contributed by atoms with Crippen LogP contribution in [0, 0.1) is 35.5 Å². The number of rotatable bonds is 11. The number of nitriles is 1. The van der Waals surface area contributed by atoms with Crippen LogP contribution in [0.4, 0.5) is 5.69 Å². The van der Waals surface area contributed by atoms with E-state index < -0.39 is 5.41 Å². The Hall–Kier alpha value is -3.63. The van der Waals surface area contributed by atoms with E-state index in [4.69, 9.17) is 5.73 Å². The van der Waals surface area contributed by atoms with Crippen LogP contribution in [0.3, 0.4) is 0 Å². The van der Waals surface area contributed by atoms with Gasteiger partial charge in [0.15, 0.2) is 0 Å². The SMILES string of the molecule is C=C(/C=C\C)C(C)(C)C#C/C(C#N)=C/CC(C)(Cc1ccccc1)c1cc(C)ccc1[NH2+]CCC.C=CC.CC.CCCN. The lowest BCUT2D eigenvalue weighted by molar-refractivity contribution is -0.572. The van der Waals surface area contributed by atoms with Gasteiger partial charge in [0.2, 0.25) is 0 Å². The average Bonchev–Trinajstić information content (AvgIpc) is 3.02. The molecule has 0 bridgehead atoms. The minimum Gasteiger partial charge on any atom is -0.330 e. The summed E-state index contributed by atoms with van der Waals surface area (Å²) in [6.45, 7) is 30.0. The summed E-state index contributed by atoms with van der Waals surface area (Å²) in [4.78, 5) is 0. The number of allylic oxidation sites excluding steroid dienone is 6. The lowest BCUT2D eigenvalue weighted by atomic mass is 9.73. The molecule has 0 spiro atoms. The molecule has 0 heterocycles. The second-order valence-corrected chi connectivity index (χ2v) is 11.3. The van der Waals surface area contributed by atoms with Crippen LogP contribution < -0.4 is 11.1 Å². The van der Waals surface area contributed by atoms with Crippen molar-refractivity contribution in [2.75, 3.05) is 13.1 Å². The fourth-order valence-electron chi connectivity index (χ4n) is 4.16. The van der Waals surface area contributed by atoms with Crippen LogP contribution in [0.5, 0.6) is 0 Å². The van der Waals surface area contributed by atoms with Crippen molar-refractivity contribution in [2.45, 2.75) is 100 Å². The van der Waals surface area contributed by atoms with Gasteiger partial charge in [-0.05, 0) is 90.1 Å². The Morgan fingerprint density at radius 1 is 1.02 bits per heavy atom. The van der Waals surface area contributed by atoms with Crippen molar-refractivity contribution < 1.29 is 5.32 Å². The van der Waals surface area contributed by atoms with Crippen LogP contribution in [0.2, 0.25) is 0 Å². The number of nitrogens with two attached hydrogens (primary N) is 2. The fraction of sp³-hybridized carbons (Fsp3) is 0.439. The van der Waals surface area contributed by atoms with E-state index in [1.165, 1.54) is 22.4 Å². The van der Waals surface area contributed by atoms with Gasteiger partial charge in [-0.15, -0.1) is 6.58 Å². The first-order valence-electron chi connectivity index (χ1n) is 16.2. The van der Waals surface area contributed by atoms with Gasteiger partial charge in [-0.3, -0.25) is 0 Å². The zero-order valence-corrected chi connectivity index (χ0v) is 29.7. The maximum atomic E-state index is 9.87. The molecule has 1 atom stereocenters. The van der Waals surface area contributed by atoms with Gasteiger partial charge >= 0.3 is 0 Å². The van der Waals surface area contributed by atoms with Gasteiger partial charge in [0.25, 0.3) is 0 Å². The van der Waals surface area contributed by atoms with Crippen LogP contribution in [0.25, 0.3) is 0 Å². The molecular formula is C41H62N3+. The molecule has 0 fully saturated rings. The molecule has 0 aliphatic carbocycles. The molecule has 0 aliphatic rings. The molecule has 3 nitrogen and oxygen atoms in total. The largest absolute Gasteiger partial charge is 0.330 e. The summed E-state index contributed by atoms with van der Waals surface area (Å²) < 4.78 is 0. The fourth-order valence-corrected chi connectivity index (χ4v) is 4.16. The molecule has 2 aromatic carbocycles. The summed E-state index contributed by atoms with van der Waals surface area (Å²) in [7, 11) is 0. The van der Waals surface area contributed by atoms with Crippen molar-refractivity contribution in [1.29, 1.82) is 5.26 Å². The van der Waals surface area contributed by atoms with Gasteiger partial charge in [-0.1, -0.05) is 119 Å². The molecule has 2 aromatic rings. The third-order valence-electron chi connectivity index (χ3n) is 6.80. The van der Waals surface area contributed by atoms with Crippen LogP contribution in [-0.2, 0) is 11.8 Å². The highest BCUT2D eigenvalue weighted by Crippen LogP contribution is 2.36. The van der Waals surface area contributed by atoms with Crippen molar-refractivity contribution in [3.05, 3.63) is 114 Å². The number of benzene rings is 2. The van der Waals surface area contributed by atoms with Crippen molar-refractivity contribution in [2.24, 2.45) is 11.1 Å². The molecule has 0 saturated heterocycles. The van der Waals surface area contributed by atoms with E-state index in [0.29, 0.717) is 5.57 Å². The monoisotopic (exact) mass is 596 g/mol. The number of hydrogen-bond acceptors (Lipinski definition) is 2. The van der Waals surface area contributed by atoms with E-state index in [2.05, 4.69) is 113 Å². The first-order valence-corrected chi connectivity index (χ1v) is 16.2. The van der Waals surface area contributed by atoms with Crippen molar-refractivity contribution in [3.63, 3.8) is 0 Å². The van der Waals surface area contributed by atoms with E-state index in [0.717, 1.165) is 44.3 Å². The molecule has 0 saturated carbocycles. The summed E-state index contributed by atoms with van der Waals surface area (Å²) in [5, 5.41) is 12.2. The standard InChI is InChI=1S/C33H40N2.C3H9N.C3H6.C2H6/c1-8-13-27(4)32(5,6)20-18-29(25-34)19-21-33(7,24-28-14-11-10-12-15-28)30-23-26(3)16-17-31(30)35-22-9-2;1-2-3-4;1-3-2;1-2/h8,10-17,19,23,35H,4,9,21-22,24H2,1-3,5-7H3;2-4H2,1H3;3H,1H2,2H3;1-2H3/p+1/b13-8-,29-19-;;;. The Bertz CT molecular complexity index is 1240. The molecule has 1 unspecified atom stereocenters. The van der Waals surface area contributed by atoms with E-state index in [1.54, 1.807) is 6.08 Å². The topological polar surface area (TPSA) is 66.4 Å². The van der Waals surface area contributed by atoms with Crippen molar-refractivity contribution in [1.82, 2.24) is 0 Å². The molecule has 0 amide bonds. The molecule has 240 valence electrons. The van der Waals surface area contributed by atoms with Gasteiger partial charge < -0.3 is 11.1 Å². The number of hydrogen-bond donors (Lipinski definition) is 2. The van der Waals surface area contributed by atoms with Crippen LogP contribution in [-0.4, -0.2) is 13.1 Å². The zero-order chi connectivity index (χ0) is 34.0. The van der Waals surface area contributed by atoms with E-state index in [1.807, 2.05) is 59.8 Å². The third kappa shape index (κ3) is 16.9. The minimum atomic E-state index is -0.394. The highest BCUT2D eigenvalue weighted by molar-refractivity contribution is 5.49. The normalized spacial score (nSPS) is 11.9. The molecular weight excluding hydrogens is 534 g/mol. The summed E-state index contributed by atoms with van der Waals surface area (Å²) in [5.41, 5.74) is 11.1. The smallest absolute Gasteiger partial charge is 0.133 e. The first-order chi connectivity index (χ1) is 21.0. The van der Waals surface area contributed by atoms with Crippen LogP contribution in [0.15, 0.2) is 97.1 Å². The second-order valence-electron chi connectivity index (χ2n) is 11.3. The number of quaternary nitrogens is 1. The lowest BCUT2D eigenvalue weighted by Gasteiger charge is -2.31. The van der Waals surface area contributed by atoms with Gasteiger partial charge in [0.05, 0.1) is 17.5 Å². The molecule has 4 N–H and O–H groups in total. The van der Waals surface area contributed by atoms with Gasteiger partial charge in [0, 0.05) is 11.0 Å². The minimum absolute atomic E-state index is 0.180. The van der Waals surface area contributed by atoms with Gasteiger partial charge in [-0.2, -0.15) is 5.26 Å². The summed E-state index contributed by atoms with van der Waals surface area (Å²) in [5.74, 6) is 6.42. The molecule has 0 aromatic heterocycles. The summed E-state index contributed by atoms with van der Waals surface area (Å²) in [6, 6.07) is 19.7. The molecule has 0 radical (unpaired) electrons. The summed E-state index contributed by atoms with van der Waals surface area (Å²) >= 11 is 0. The van der Waals surface area contributed by atoms with Gasteiger partial charge in [0.1, 0.15) is 11.8 Å². The number of nitrogens with zero attached hydrogens (tertiary/aromatic N) is 1. The maximum Gasteiger partial charge on any atom is 0.133 e. The Morgan fingerprint density at radius 3 is 2.11 bits per heavy atom. The van der Waals surface area contributed by atoms with E-state index in [-0.39, 0.29) is 5.41 Å². The Morgan fingerprint density at radius 2 is 1.61 bits per heavy atom. The zero-order valence-electron chi connectivity index (χ0n) is 29.7. The third-order valence-corrected chi connectivity index (χ3v) is 6.80. The second kappa shape index (κ2) is 24.8. The predicted molar refractivity (Wildman–Crippen MR) is 196 cm³/mol. The quantitative estimate of drug-likeness (QED) is 0.0891.